The monoisotopic (exact) mass is 820 g/mol. The highest BCUT2D eigenvalue weighted by molar-refractivity contribution is 6.11. The van der Waals surface area contributed by atoms with Crippen LogP contribution in [0.4, 0.5) is 17.1 Å². The summed E-state index contributed by atoms with van der Waals surface area (Å²) in [5.74, 6) is 0. The van der Waals surface area contributed by atoms with Crippen molar-refractivity contribution >= 4 is 66.4 Å². The minimum absolute atomic E-state index is 0.876. The van der Waals surface area contributed by atoms with Gasteiger partial charge in [-0.05, 0) is 136 Å². The molecule has 2 aromatic heterocycles. The second-order valence-electron chi connectivity index (χ2n) is 16.1. The summed E-state index contributed by atoms with van der Waals surface area (Å²) in [6, 6.07) is 76.2. The fourth-order valence-electron chi connectivity index (χ4n) is 9.15. The summed E-state index contributed by atoms with van der Waals surface area (Å²) >= 11 is 0. The number of anilines is 3. The van der Waals surface area contributed by atoms with Gasteiger partial charge in [-0.25, -0.2) is 0 Å². The summed E-state index contributed by atoms with van der Waals surface area (Å²) in [7, 11) is 0. The molecule has 0 unspecified atom stereocenters. The number of benzene rings is 9. The van der Waals surface area contributed by atoms with Crippen molar-refractivity contribution < 1.29 is 4.42 Å². The number of fused-ring (bicyclic) bond motifs is 6. The topological polar surface area (TPSA) is 21.3 Å². The van der Waals surface area contributed by atoms with E-state index in [9.17, 15) is 0 Å². The summed E-state index contributed by atoms with van der Waals surface area (Å²) in [6.07, 6.45) is 8.09. The lowest BCUT2D eigenvalue weighted by Crippen LogP contribution is -2.10. The van der Waals surface area contributed by atoms with Crippen LogP contribution in [0.5, 0.6) is 0 Å². The van der Waals surface area contributed by atoms with E-state index in [1.165, 1.54) is 32.9 Å². The van der Waals surface area contributed by atoms with Gasteiger partial charge in [-0.1, -0.05) is 158 Å². The second kappa shape index (κ2) is 16.5. The molecule has 2 heterocycles. The third kappa shape index (κ3) is 7.00. The zero-order valence-corrected chi connectivity index (χ0v) is 35.5. The number of hydrogen-bond acceptors (Lipinski definition) is 2. The molecular weight excluding hydrogens is 777 g/mol. The molecule has 0 fully saturated rings. The van der Waals surface area contributed by atoms with Crippen molar-refractivity contribution in [3.05, 3.63) is 249 Å². The summed E-state index contributed by atoms with van der Waals surface area (Å²) < 4.78 is 8.80. The zero-order valence-electron chi connectivity index (χ0n) is 35.5. The summed E-state index contributed by atoms with van der Waals surface area (Å²) in [5, 5.41) is 4.69. The van der Waals surface area contributed by atoms with Crippen LogP contribution in [0.1, 0.15) is 12.5 Å². The lowest BCUT2D eigenvalue weighted by Gasteiger charge is -2.26. The fraction of sp³-hybridized carbons (Fsp3) is 0.0164. The Balaban J connectivity index is 0.964. The number of allylic oxidation sites excluding steroid dienone is 5. The standard InChI is InChI=1S/C61H44N2O/c1-3-5-15-42(4-2)44-26-31-50(32-27-44)62(51-33-28-45(29-34-51)43-16-7-6-8-17-43)52-21-14-20-48(39-52)46-18-13-19-47(38-46)49-30-36-60-56(40-49)57-41-53(35-37-61(57)64-60)63-58-24-11-9-22-54(58)55-23-10-12-25-59(55)63/h3-41H,2H2,1H3/b5-3-,42-15+. The molecule has 3 heteroatoms. The van der Waals surface area contributed by atoms with Crippen LogP contribution < -0.4 is 4.90 Å². The van der Waals surface area contributed by atoms with E-state index in [4.69, 9.17) is 4.42 Å². The van der Waals surface area contributed by atoms with E-state index in [0.717, 1.165) is 78.1 Å². The van der Waals surface area contributed by atoms with Gasteiger partial charge < -0.3 is 13.9 Å². The van der Waals surface area contributed by atoms with E-state index >= 15 is 0 Å². The van der Waals surface area contributed by atoms with Gasteiger partial charge in [0, 0.05) is 44.3 Å². The Labute approximate surface area is 373 Å². The molecule has 0 aliphatic carbocycles. The van der Waals surface area contributed by atoms with Gasteiger partial charge in [0.25, 0.3) is 0 Å². The Kier molecular flexibility index (Phi) is 9.91. The Hall–Kier alpha value is -8.40. The second-order valence-corrected chi connectivity index (χ2v) is 16.1. The summed E-state index contributed by atoms with van der Waals surface area (Å²) in [5.41, 5.74) is 17.6. The van der Waals surface area contributed by atoms with Crippen molar-refractivity contribution in [1.29, 1.82) is 0 Å². The maximum atomic E-state index is 6.44. The van der Waals surface area contributed by atoms with Gasteiger partial charge in [-0.15, -0.1) is 0 Å². The maximum Gasteiger partial charge on any atom is 0.135 e. The van der Waals surface area contributed by atoms with Crippen LogP contribution in [-0.2, 0) is 0 Å². The molecule has 0 radical (unpaired) electrons. The van der Waals surface area contributed by atoms with Crippen LogP contribution in [0.15, 0.2) is 248 Å². The quantitative estimate of drug-likeness (QED) is 0.128. The average molecular weight is 821 g/mol. The normalized spacial score (nSPS) is 11.9. The molecule has 0 atom stereocenters. The van der Waals surface area contributed by atoms with Crippen LogP contribution in [0, 0.1) is 0 Å². The van der Waals surface area contributed by atoms with Gasteiger partial charge in [-0.2, -0.15) is 0 Å². The van der Waals surface area contributed by atoms with Crippen molar-refractivity contribution in [3.63, 3.8) is 0 Å². The third-order valence-corrected chi connectivity index (χ3v) is 12.3. The molecule has 0 spiro atoms. The lowest BCUT2D eigenvalue weighted by atomic mass is 9.97. The first-order valence-corrected chi connectivity index (χ1v) is 21.8. The van der Waals surface area contributed by atoms with E-state index in [1.54, 1.807) is 0 Å². The highest BCUT2D eigenvalue weighted by Gasteiger charge is 2.17. The van der Waals surface area contributed by atoms with E-state index < -0.39 is 0 Å². The zero-order chi connectivity index (χ0) is 43.0. The van der Waals surface area contributed by atoms with E-state index in [1.807, 2.05) is 25.2 Å². The highest BCUT2D eigenvalue weighted by Crippen LogP contribution is 2.40. The molecule has 9 aromatic carbocycles. The van der Waals surface area contributed by atoms with E-state index in [-0.39, 0.29) is 0 Å². The smallest absolute Gasteiger partial charge is 0.135 e. The SMILES string of the molecule is C=C/C(=C\C=C/C)c1ccc(N(c2ccc(-c3ccccc3)cc2)c2cccc(-c3cccc(-c4ccc5oc6ccc(-n7c8ccccc8c8ccccc87)cc6c5c4)c3)c2)cc1. The molecule has 0 aliphatic heterocycles. The van der Waals surface area contributed by atoms with Crippen molar-refractivity contribution in [2.24, 2.45) is 0 Å². The van der Waals surface area contributed by atoms with Crippen molar-refractivity contribution in [2.75, 3.05) is 4.90 Å². The number of para-hydroxylation sites is 2. The maximum absolute atomic E-state index is 6.44. The molecule has 0 N–H and O–H groups in total. The highest BCUT2D eigenvalue weighted by atomic mass is 16.3. The van der Waals surface area contributed by atoms with Crippen LogP contribution in [0.3, 0.4) is 0 Å². The van der Waals surface area contributed by atoms with Crippen molar-refractivity contribution in [3.8, 4) is 39.1 Å². The van der Waals surface area contributed by atoms with E-state index in [0.29, 0.717) is 0 Å². The first kappa shape index (κ1) is 38.5. The van der Waals surface area contributed by atoms with Crippen molar-refractivity contribution in [1.82, 2.24) is 4.57 Å². The number of hydrogen-bond donors (Lipinski definition) is 0. The minimum Gasteiger partial charge on any atom is -0.456 e. The van der Waals surface area contributed by atoms with Crippen LogP contribution >= 0.6 is 0 Å². The number of aromatic nitrogens is 1. The third-order valence-electron chi connectivity index (χ3n) is 12.3. The molecule has 64 heavy (non-hydrogen) atoms. The molecular formula is C61H44N2O. The average Bonchev–Trinajstić information content (AvgIpc) is 3.90. The summed E-state index contributed by atoms with van der Waals surface area (Å²) in [4.78, 5) is 2.33. The Morgan fingerprint density at radius 2 is 0.984 bits per heavy atom. The summed E-state index contributed by atoms with van der Waals surface area (Å²) in [6.45, 7) is 6.10. The van der Waals surface area contributed by atoms with Crippen LogP contribution in [0.2, 0.25) is 0 Å². The number of furan rings is 1. The van der Waals surface area contributed by atoms with Gasteiger partial charge in [0.05, 0.1) is 11.0 Å². The minimum atomic E-state index is 0.876. The van der Waals surface area contributed by atoms with Gasteiger partial charge in [-0.3, -0.25) is 0 Å². The molecule has 0 amide bonds. The Morgan fingerprint density at radius 3 is 1.66 bits per heavy atom. The Morgan fingerprint density at radius 1 is 0.453 bits per heavy atom. The number of rotatable bonds is 10. The van der Waals surface area contributed by atoms with Crippen LogP contribution in [0.25, 0.3) is 88.4 Å². The molecule has 0 bridgehead atoms. The van der Waals surface area contributed by atoms with Crippen molar-refractivity contribution in [2.45, 2.75) is 6.92 Å². The first-order chi connectivity index (χ1) is 31.6. The van der Waals surface area contributed by atoms with Gasteiger partial charge in [0.2, 0.25) is 0 Å². The molecule has 304 valence electrons. The Bertz CT molecular complexity index is 3510. The van der Waals surface area contributed by atoms with Gasteiger partial charge in [0.15, 0.2) is 0 Å². The predicted molar refractivity (Wildman–Crippen MR) is 272 cm³/mol. The molecule has 0 saturated heterocycles. The molecule has 0 saturated carbocycles. The lowest BCUT2D eigenvalue weighted by molar-refractivity contribution is 0.669. The van der Waals surface area contributed by atoms with Gasteiger partial charge >= 0.3 is 0 Å². The molecule has 0 aliphatic rings. The van der Waals surface area contributed by atoms with E-state index in [2.05, 4.69) is 234 Å². The number of nitrogens with zero attached hydrogens (tertiary/aromatic N) is 2. The fourth-order valence-corrected chi connectivity index (χ4v) is 9.15. The predicted octanol–water partition coefficient (Wildman–Crippen LogP) is 17.3. The molecule has 11 rings (SSSR count). The van der Waals surface area contributed by atoms with Crippen LogP contribution in [-0.4, -0.2) is 4.57 Å². The molecule has 11 aromatic rings. The molecule has 3 nitrogen and oxygen atoms in total. The largest absolute Gasteiger partial charge is 0.456 e. The van der Waals surface area contributed by atoms with Gasteiger partial charge in [0.1, 0.15) is 11.2 Å². The first-order valence-electron chi connectivity index (χ1n) is 21.8.